The summed E-state index contributed by atoms with van der Waals surface area (Å²) in [5, 5.41) is 6.54. The summed E-state index contributed by atoms with van der Waals surface area (Å²) in [7, 11) is 3.27. The maximum Gasteiger partial charge on any atom is 0.257 e. The Morgan fingerprint density at radius 2 is 2.21 bits per heavy atom. The molecule has 108 valence electrons. The summed E-state index contributed by atoms with van der Waals surface area (Å²) >= 11 is 1.21. The number of methoxy groups -OCH3 is 1. The van der Waals surface area contributed by atoms with Crippen molar-refractivity contribution >= 4 is 28.3 Å². The molecule has 0 aliphatic heterocycles. The monoisotopic (exact) mass is 286 g/mol. The van der Waals surface area contributed by atoms with E-state index in [0.29, 0.717) is 17.2 Å². The summed E-state index contributed by atoms with van der Waals surface area (Å²) in [6, 6.07) is 0. The van der Waals surface area contributed by atoms with Crippen molar-refractivity contribution in [3.8, 4) is 0 Å². The van der Waals surface area contributed by atoms with Crippen LogP contribution in [-0.2, 0) is 4.74 Å². The molecule has 0 unspecified atom stereocenters. The molecule has 0 fully saturated rings. The van der Waals surface area contributed by atoms with E-state index in [2.05, 4.69) is 28.9 Å². The Kier molecular flexibility index (Phi) is 5.56. The number of nitrogens with one attached hydrogen (secondary N) is 2. The average molecular weight is 286 g/mol. The van der Waals surface area contributed by atoms with Crippen molar-refractivity contribution in [2.75, 3.05) is 38.4 Å². The molecule has 0 spiro atoms. The molecule has 0 radical (unpaired) electrons. The van der Waals surface area contributed by atoms with Gasteiger partial charge in [0.05, 0.1) is 0 Å². The second-order valence-corrected chi connectivity index (χ2v) is 5.89. The lowest BCUT2D eigenvalue weighted by Crippen LogP contribution is -2.26. The van der Waals surface area contributed by atoms with Crippen LogP contribution in [-0.4, -0.2) is 37.6 Å². The molecule has 0 aliphatic carbocycles. The highest BCUT2D eigenvalue weighted by Crippen LogP contribution is 2.29. The number of hydrogen-bond donors (Lipinski definition) is 3. The predicted octanol–water partition coefficient (Wildman–Crippen LogP) is 1.56. The summed E-state index contributed by atoms with van der Waals surface area (Å²) in [6.07, 6.45) is 0.931. The highest BCUT2D eigenvalue weighted by atomic mass is 32.1. The number of aromatic nitrogens is 1. The molecule has 0 atom stereocenters. The Labute approximate surface area is 117 Å². The van der Waals surface area contributed by atoms with Gasteiger partial charge in [-0.2, -0.15) is 4.37 Å². The topological polar surface area (TPSA) is 89.3 Å². The molecule has 0 saturated heterocycles. The van der Waals surface area contributed by atoms with Crippen molar-refractivity contribution in [1.82, 2.24) is 9.69 Å². The number of hydrogen-bond acceptors (Lipinski definition) is 6. The summed E-state index contributed by atoms with van der Waals surface area (Å²) in [6.45, 7) is 5.72. The minimum Gasteiger partial charge on any atom is -0.385 e. The molecule has 1 rings (SSSR count). The van der Waals surface area contributed by atoms with E-state index >= 15 is 0 Å². The highest BCUT2D eigenvalue weighted by molar-refractivity contribution is 7.11. The third kappa shape index (κ3) is 4.36. The second kappa shape index (κ2) is 6.72. The van der Waals surface area contributed by atoms with Crippen LogP contribution in [0.1, 0.15) is 30.6 Å². The van der Waals surface area contributed by atoms with E-state index in [0.717, 1.165) is 13.0 Å². The lowest BCUT2D eigenvalue weighted by atomic mass is 9.90. The molecule has 4 N–H and O–H groups in total. The number of nitrogen functional groups attached to an aromatic ring is 1. The molecular formula is C12H22N4O2S. The third-order valence-electron chi connectivity index (χ3n) is 2.88. The zero-order valence-electron chi connectivity index (χ0n) is 11.9. The summed E-state index contributed by atoms with van der Waals surface area (Å²) < 4.78 is 9.11. The fourth-order valence-electron chi connectivity index (χ4n) is 1.55. The molecule has 1 heterocycles. The van der Waals surface area contributed by atoms with Crippen molar-refractivity contribution in [3.63, 3.8) is 0 Å². The van der Waals surface area contributed by atoms with Crippen LogP contribution in [0, 0.1) is 5.41 Å². The normalized spacial score (nSPS) is 11.4. The van der Waals surface area contributed by atoms with Gasteiger partial charge in [-0.05, 0) is 23.4 Å². The molecule has 0 bridgehead atoms. The molecule has 1 aromatic rings. The van der Waals surface area contributed by atoms with Gasteiger partial charge in [0.25, 0.3) is 5.91 Å². The van der Waals surface area contributed by atoms with Crippen LogP contribution in [0.4, 0.5) is 10.8 Å². The Morgan fingerprint density at radius 3 is 2.79 bits per heavy atom. The van der Waals surface area contributed by atoms with Crippen molar-refractivity contribution in [2.45, 2.75) is 20.3 Å². The molecule has 1 amide bonds. The Balaban J connectivity index is 2.70. The summed E-state index contributed by atoms with van der Waals surface area (Å²) in [4.78, 5) is 11.7. The molecular weight excluding hydrogens is 264 g/mol. The van der Waals surface area contributed by atoms with Gasteiger partial charge in [-0.25, -0.2) is 0 Å². The van der Waals surface area contributed by atoms with Gasteiger partial charge >= 0.3 is 0 Å². The molecule has 19 heavy (non-hydrogen) atoms. The van der Waals surface area contributed by atoms with E-state index in [1.165, 1.54) is 11.5 Å². The van der Waals surface area contributed by atoms with Crippen molar-refractivity contribution in [3.05, 3.63) is 5.56 Å². The fraction of sp³-hybridized carbons (Fsp3) is 0.667. The Hall–Kier alpha value is -1.34. The number of carbonyl (C=O) groups excluding carboxylic acids is 1. The number of ether oxygens (including phenoxy) is 1. The van der Waals surface area contributed by atoms with Gasteiger partial charge in [0.2, 0.25) is 0 Å². The van der Waals surface area contributed by atoms with Crippen LogP contribution in [0.25, 0.3) is 0 Å². The van der Waals surface area contributed by atoms with Crippen LogP contribution in [0.2, 0.25) is 0 Å². The molecule has 6 nitrogen and oxygen atoms in total. The third-order valence-corrected chi connectivity index (χ3v) is 3.70. The zero-order chi connectivity index (χ0) is 14.5. The minimum atomic E-state index is -0.219. The average Bonchev–Trinajstić information content (AvgIpc) is 2.74. The van der Waals surface area contributed by atoms with E-state index in [-0.39, 0.29) is 17.1 Å². The number of carbonyl (C=O) groups is 1. The van der Waals surface area contributed by atoms with Crippen LogP contribution < -0.4 is 16.4 Å². The lowest BCUT2D eigenvalue weighted by Gasteiger charge is -2.24. The van der Waals surface area contributed by atoms with Crippen LogP contribution in [0.15, 0.2) is 0 Å². The first-order chi connectivity index (χ1) is 8.91. The number of anilines is 2. The van der Waals surface area contributed by atoms with Gasteiger partial charge in [0.15, 0.2) is 5.82 Å². The van der Waals surface area contributed by atoms with E-state index in [4.69, 9.17) is 10.5 Å². The van der Waals surface area contributed by atoms with Crippen molar-refractivity contribution in [2.24, 2.45) is 5.41 Å². The van der Waals surface area contributed by atoms with Crippen molar-refractivity contribution in [1.29, 1.82) is 0 Å². The van der Waals surface area contributed by atoms with Crippen molar-refractivity contribution < 1.29 is 9.53 Å². The summed E-state index contributed by atoms with van der Waals surface area (Å²) in [5.74, 6) is 0.0463. The molecule has 0 saturated carbocycles. The van der Waals surface area contributed by atoms with Crippen LogP contribution >= 0.6 is 11.5 Å². The first-order valence-corrected chi connectivity index (χ1v) is 6.88. The molecule has 7 heteroatoms. The van der Waals surface area contributed by atoms with Gasteiger partial charge in [0.1, 0.15) is 10.6 Å². The van der Waals surface area contributed by atoms with Gasteiger partial charge < -0.3 is 21.1 Å². The minimum absolute atomic E-state index is 0.0642. The van der Waals surface area contributed by atoms with Gasteiger partial charge in [-0.15, -0.1) is 0 Å². The van der Waals surface area contributed by atoms with Gasteiger partial charge in [0, 0.05) is 27.3 Å². The lowest BCUT2D eigenvalue weighted by molar-refractivity contribution is 0.0965. The number of amides is 1. The maximum absolute atomic E-state index is 11.7. The molecule has 1 aromatic heterocycles. The zero-order valence-corrected chi connectivity index (χ0v) is 12.7. The number of rotatable bonds is 7. The second-order valence-electron chi connectivity index (χ2n) is 5.11. The van der Waals surface area contributed by atoms with Gasteiger partial charge in [-0.1, -0.05) is 13.8 Å². The van der Waals surface area contributed by atoms with E-state index in [9.17, 15) is 4.79 Å². The quantitative estimate of drug-likeness (QED) is 0.708. The first-order valence-electron chi connectivity index (χ1n) is 6.11. The largest absolute Gasteiger partial charge is 0.385 e. The number of nitrogens with two attached hydrogens (primary N) is 1. The predicted molar refractivity (Wildman–Crippen MR) is 78.7 cm³/mol. The van der Waals surface area contributed by atoms with E-state index in [1.807, 2.05) is 0 Å². The Morgan fingerprint density at radius 1 is 1.53 bits per heavy atom. The highest BCUT2D eigenvalue weighted by Gasteiger charge is 2.22. The SMILES string of the molecule is CNC(=O)c1c(N)nsc1NCC(C)(C)CCOC. The van der Waals surface area contributed by atoms with E-state index < -0.39 is 0 Å². The Bertz CT molecular complexity index is 431. The fourth-order valence-corrected chi connectivity index (χ4v) is 2.26. The maximum atomic E-state index is 11.7. The van der Waals surface area contributed by atoms with Crippen LogP contribution in [0.3, 0.4) is 0 Å². The number of nitrogens with zero attached hydrogens (tertiary/aromatic N) is 1. The first kappa shape index (κ1) is 15.7. The van der Waals surface area contributed by atoms with Gasteiger partial charge in [-0.3, -0.25) is 4.79 Å². The smallest absolute Gasteiger partial charge is 0.257 e. The molecule has 0 aromatic carbocycles. The summed E-state index contributed by atoms with van der Waals surface area (Å²) in [5.41, 5.74) is 6.21. The standard InChI is InChI=1S/C12H22N4O2S/c1-12(2,5-6-18-4)7-15-11-8(10(17)14-3)9(13)16-19-11/h15H,5-7H2,1-4H3,(H2,13,16)(H,14,17). The van der Waals surface area contributed by atoms with E-state index in [1.54, 1.807) is 14.2 Å². The molecule has 0 aliphatic rings. The van der Waals surface area contributed by atoms with Crippen LogP contribution in [0.5, 0.6) is 0 Å².